The van der Waals surface area contributed by atoms with Gasteiger partial charge in [0, 0.05) is 17.8 Å². The second kappa shape index (κ2) is 5.09. The molecule has 2 aromatic carbocycles. The fraction of sp³-hybridized carbons (Fsp3) is 0.167. The molecule has 104 valence electrons. The third-order valence-corrected chi connectivity index (χ3v) is 3.99. The molecule has 1 aromatic heterocycles. The summed E-state index contributed by atoms with van der Waals surface area (Å²) in [5.41, 5.74) is 6.08. The van der Waals surface area contributed by atoms with Crippen LogP contribution >= 0.6 is 0 Å². The summed E-state index contributed by atoms with van der Waals surface area (Å²) in [6.07, 6.45) is 4.24. The maximum Gasteiger partial charge on any atom is 0.0741 e. The Labute approximate surface area is 124 Å². The van der Waals surface area contributed by atoms with Crippen LogP contribution in [0.2, 0.25) is 0 Å². The Kier molecular flexibility index (Phi) is 2.96. The summed E-state index contributed by atoms with van der Waals surface area (Å²) in [6.45, 7) is 1.06. The van der Waals surface area contributed by atoms with Crippen LogP contribution in [-0.4, -0.2) is 16.3 Å². The number of nitrogens with zero attached hydrogens (tertiary/aromatic N) is 2. The highest BCUT2D eigenvalue weighted by atomic mass is 15.3. The van der Waals surface area contributed by atoms with E-state index in [0.717, 1.165) is 17.9 Å². The van der Waals surface area contributed by atoms with E-state index >= 15 is 0 Å². The highest BCUT2D eigenvalue weighted by Crippen LogP contribution is 2.29. The molecule has 21 heavy (non-hydrogen) atoms. The number of rotatable bonds is 2. The number of benzene rings is 2. The van der Waals surface area contributed by atoms with E-state index in [2.05, 4.69) is 46.8 Å². The van der Waals surface area contributed by atoms with E-state index in [4.69, 9.17) is 0 Å². The van der Waals surface area contributed by atoms with E-state index in [0.29, 0.717) is 0 Å². The molecule has 0 atom stereocenters. The molecule has 3 heteroatoms. The third kappa shape index (κ3) is 2.21. The normalized spacial score (nSPS) is 13.5. The first-order valence-electron chi connectivity index (χ1n) is 7.38. The Morgan fingerprint density at radius 1 is 1.00 bits per heavy atom. The standard InChI is InChI=1S/C18H17N3/c1-2-6-16(7-3-1)21-18(10-12-20-21)15-9-8-14-5-4-11-19-17(14)13-15/h1-3,6-10,12-13,19H,4-5,11H2. The van der Waals surface area contributed by atoms with Crippen molar-refractivity contribution in [2.24, 2.45) is 0 Å². The molecule has 0 bridgehead atoms. The Morgan fingerprint density at radius 2 is 1.90 bits per heavy atom. The quantitative estimate of drug-likeness (QED) is 0.768. The minimum atomic E-state index is 1.06. The summed E-state index contributed by atoms with van der Waals surface area (Å²) < 4.78 is 1.99. The van der Waals surface area contributed by atoms with Crippen molar-refractivity contribution < 1.29 is 0 Å². The van der Waals surface area contributed by atoms with Crippen LogP contribution in [0.15, 0.2) is 60.8 Å². The second-order valence-electron chi connectivity index (χ2n) is 5.37. The Hall–Kier alpha value is -2.55. The summed E-state index contributed by atoms with van der Waals surface area (Å²) in [7, 11) is 0. The first-order valence-corrected chi connectivity index (χ1v) is 7.38. The lowest BCUT2D eigenvalue weighted by atomic mass is 10.00. The lowest BCUT2D eigenvalue weighted by Crippen LogP contribution is -2.11. The summed E-state index contributed by atoms with van der Waals surface area (Å²) in [6, 6.07) is 19.0. The second-order valence-corrected chi connectivity index (χ2v) is 5.37. The monoisotopic (exact) mass is 275 g/mol. The zero-order chi connectivity index (χ0) is 14.1. The maximum atomic E-state index is 4.47. The van der Waals surface area contributed by atoms with Crippen LogP contribution in [-0.2, 0) is 6.42 Å². The third-order valence-electron chi connectivity index (χ3n) is 3.99. The molecule has 0 unspecified atom stereocenters. The molecule has 0 saturated carbocycles. The van der Waals surface area contributed by atoms with Gasteiger partial charge < -0.3 is 5.32 Å². The van der Waals surface area contributed by atoms with Gasteiger partial charge in [0.1, 0.15) is 0 Å². The highest BCUT2D eigenvalue weighted by Gasteiger charge is 2.12. The molecule has 0 amide bonds. The molecule has 0 saturated heterocycles. The maximum absolute atomic E-state index is 4.47. The average Bonchev–Trinajstić information content (AvgIpc) is 3.05. The van der Waals surface area contributed by atoms with E-state index in [1.54, 1.807) is 0 Å². The van der Waals surface area contributed by atoms with Gasteiger partial charge >= 0.3 is 0 Å². The van der Waals surface area contributed by atoms with Gasteiger partial charge in [0.2, 0.25) is 0 Å². The lowest BCUT2D eigenvalue weighted by molar-refractivity contribution is 0.830. The van der Waals surface area contributed by atoms with Gasteiger partial charge in [-0.1, -0.05) is 30.3 Å². The largest absolute Gasteiger partial charge is 0.385 e. The van der Waals surface area contributed by atoms with Crippen molar-refractivity contribution >= 4 is 5.69 Å². The predicted molar refractivity (Wildman–Crippen MR) is 85.8 cm³/mol. The molecule has 1 aliphatic heterocycles. The van der Waals surface area contributed by atoms with Gasteiger partial charge in [0.15, 0.2) is 0 Å². The molecule has 0 aliphatic carbocycles. The number of nitrogens with one attached hydrogen (secondary N) is 1. The smallest absolute Gasteiger partial charge is 0.0741 e. The average molecular weight is 275 g/mol. The summed E-state index contributed by atoms with van der Waals surface area (Å²) in [5.74, 6) is 0. The number of fused-ring (bicyclic) bond motifs is 1. The van der Waals surface area contributed by atoms with Gasteiger partial charge in [-0.2, -0.15) is 5.10 Å². The van der Waals surface area contributed by atoms with Gasteiger partial charge in [-0.05, 0) is 42.7 Å². The minimum Gasteiger partial charge on any atom is -0.385 e. The molecule has 0 spiro atoms. The van der Waals surface area contributed by atoms with E-state index in [-0.39, 0.29) is 0 Å². The number of aromatic nitrogens is 2. The Balaban J connectivity index is 1.80. The minimum absolute atomic E-state index is 1.06. The number of anilines is 1. The van der Waals surface area contributed by atoms with Crippen molar-refractivity contribution in [3.63, 3.8) is 0 Å². The zero-order valence-corrected chi connectivity index (χ0v) is 11.8. The van der Waals surface area contributed by atoms with Crippen LogP contribution < -0.4 is 5.32 Å². The van der Waals surface area contributed by atoms with Gasteiger partial charge in [0.05, 0.1) is 17.6 Å². The van der Waals surface area contributed by atoms with Crippen molar-refractivity contribution in [3.8, 4) is 16.9 Å². The zero-order valence-electron chi connectivity index (χ0n) is 11.8. The van der Waals surface area contributed by atoms with Gasteiger partial charge in [-0.15, -0.1) is 0 Å². The molecule has 1 N–H and O–H groups in total. The molecule has 2 heterocycles. The van der Waals surface area contributed by atoms with Crippen molar-refractivity contribution in [3.05, 3.63) is 66.4 Å². The van der Waals surface area contributed by atoms with Crippen LogP contribution in [0.25, 0.3) is 16.9 Å². The van der Waals surface area contributed by atoms with E-state index in [1.807, 2.05) is 29.1 Å². The van der Waals surface area contributed by atoms with Crippen molar-refractivity contribution in [2.45, 2.75) is 12.8 Å². The van der Waals surface area contributed by atoms with Gasteiger partial charge in [-0.3, -0.25) is 0 Å². The molecular weight excluding hydrogens is 258 g/mol. The number of hydrogen-bond donors (Lipinski definition) is 1. The van der Waals surface area contributed by atoms with Crippen LogP contribution in [0.3, 0.4) is 0 Å². The fourth-order valence-corrected chi connectivity index (χ4v) is 2.92. The molecule has 3 nitrogen and oxygen atoms in total. The molecule has 3 aromatic rings. The molecule has 1 aliphatic rings. The first-order chi connectivity index (χ1) is 10.4. The molecule has 0 fully saturated rings. The van der Waals surface area contributed by atoms with E-state index < -0.39 is 0 Å². The van der Waals surface area contributed by atoms with Crippen molar-refractivity contribution in [1.29, 1.82) is 0 Å². The topological polar surface area (TPSA) is 29.9 Å². The van der Waals surface area contributed by atoms with Crippen LogP contribution in [0.1, 0.15) is 12.0 Å². The summed E-state index contributed by atoms with van der Waals surface area (Å²) in [4.78, 5) is 0. The molecular formula is C18H17N3. The van der Waals surface area contributed by atoms with E-state index in [1.165, 1.54) is 29.7 Å². The SMILES string of the molecule is c1ccc(-n2nccc2-c2ccc3c(c2)NCCC3)cc1. The van der Waals surface area contributed by atoms with Crippen molar-refractivity contribution in [2.75, 3.05) is 11.9 Å². The first kappa shape index (κ1) is 12.2. The number of para-hydroxylation sites is 1. The highest BCUT2D eigenvalue weighted by molar-refractivity contribution is 5.69. The van der Waals surface area contributed by atoms with Crippen molar-refractivity contribution in [1.82, 2.24) is 9.78 Å². The van der Waals surface area contributed by atoms with E-state index in [9.17, 15) is 0 Å². The summed E-state index contributed by atoms with van der Waals surface area (Å²) in [5, 5.41) is 7.97. The van der Waals surface area contributed by atoms with Crippen LogP contribution in [0.4, 0.5) is 5.69 Å². The molecule has 0 radical (unpaired) electrons. The van der Waals surface area contributed by atoms with Gasteiger partial charge in [0.25, 0.3) is 0 Å². The predicted octanol–water partition coefficient (Wildman–Crippen LogP) is 3.90. The molecule has 4 rings (SSSR count). The number of hydrogen-bond acceptors (Lipinski definition) is 2. The van der Waals surface area contributed by atoms with Crippen LogP contribution in [0.5, 0.6) is 0 Å². The fourth-order valence-electron chi connectivity index (χ4n) is 2.92. The lowest BCUT2D eigenvalue weighted by Gasteiger charge is -2.19. The van der Waals surface area contributed by atoms with Crippen LogP contribution in [0, 0.1) is 0 Å². The Morgan fingerprint density at radius 3 is 2.81 bits per heavy atom. The summed E-state index contributed by atoms with van der Waals surface area (Å²) >= 11 is 0. The number of aryl methyl sites for hydroxylation is 1. The van der Waals surface area contributed by atoms with Gasteiger partial charge in [-0.25, -0.2) is 4.68 Å². The Bertz CT molecular complexity index is 759.